The molecule has 0 unspecified atom stereocenters. The summed E-state index contributed by atoms with van der Waals surface area (Å²) in [5, 5.41) is 5.34. The minimum absolute atomic E-state index is 0.223. The van der Waals surface area contributed by atoms with E-state index in [0.29, 0.717) is 24.0 Å². The van der Waals surface area contributed by atoms with Gasteiger partial charge in [0, 0.05) is 13.1 Å². The highest BCUT2D eigenvalue weighted by Crippen LogP contribution is 2.08. The Kier molecular flexibility index (Phi) is 5.41. The zero-order valence-electron chi connectivity index (χ0n) is 11.7. The highest BCUT2D eigenvalue weighted by Gasteiger charge is 2.21. The van der Waals surface area contributed by atoms with E-state index in [2.05, 4.69) is 20.6 Å². The first-order valence-corrected chi connectivity index (χ1v) is 6.26. The molecule has 0 aliphatic carbocycles. The van der Waals surface area contributed by atoms with Crippen LogP contribution in [0.25, 0.3) is 0 Å². The van der Waals surface area contributed by atoms with Crippen molar-refractivity contribution in [2.75, 3.05) is 5.32 Å². The molecule has 0 fully saturated rings. The normalized spacial score (nSPS) is 12.1. The van der Waals surface area contributed by atoms with Gasteiger partial charge in [0.05, 0.1) is 0 Å². The van der Waals surface area contributed by atoms with Gasteiger partial charge in [-0.2, -0.15) is 0 Å². The second-order valence-electron chi connectivity index (χ2n) is 4.86. The molecular weight excluding hydrogens is 244 g/mol. The SMILES string of the molecule is CC(=O)N[C@@H](CC(C)C)C(=O)Nc1ccnc(C)n1. The maximum Gasteiger partial charge on any atom is 0.248 e. The molecule has 104 valence electrons. The van der Waals surface area contributed by atoms with E-state index in [0.717, 1.165) is 0 Å². The number of aromatic nitrogens is 2. The Morgan fingerprint density at radius 3 is 2.58 bits per heavy atom. The van der Waals surface area contributed by atoms with Gasteiger partial charge in [-0.25, -0.2) is 9.97 Å². The number of carbonyl (C=O) groups excluding carboxylic acids is 2. The van der Waals surface area contributed by atoms with Gasteiger partial charge in [-0.1, -0.05) is 13.8 Å². The summed E-state index contributed by atoms with van der Waals surface area (Å²) in [4.78, 5) is 31.3. The van der Waals surface area contributed by atoms with Crippen molar-refractivity contribution >= 4 is 17.6 Å². The molecule has 0 bridgehead atoms. The molecule has 0 aromatic carbocycles. The van der Waals surface area contributed by atoms with E-state index >= 15 is 0 Å². The highest BCUT2D eigenvalue weighted by molar-refractivity contribution is 5.96. The van der Waals surface area contributed by atoms with E-state index in [4.69, 9.17) is 0 Å². The number of hydrogen-bond acceptors (Lipinski definition) is 4. The van der Waals surface area contributed by atoms with E-state index in [1.807, 2.05) is 13.8 Å². The lowest BCUT2D eigenvalue weighted by Gasteiger charge is -2.19. The molecule has 0 aliphatic heterocycles. The molecule has 2 N–H and O–H groups in total. The van der Waals surface area contributed by atoms with Gasteiger partial charge in [0.15, 0.2) is 0 Å². The van der Waals surface area contributed by atoms with Crippen molar-refractivity contribution < 1.29 is 9.59 Å². The maximum absolute atomic E-state index is 12.1. The summed E-state index contributed by atoms with van der Waals surface area (Å²) in [6.45, 7) is 7.14. The molecule has 0 radical (unpaired) electrons. The second-order valence-corrected chi connectivity index (χ2v) is 4.86. The van der Waals surface area contributed by atoms with Gasteiger partial charge in [-0.3, -0.25) is 9.59 Å². The van der Waals surface area contributed by atoms with E-state index in [1.165, 1.54) is 6.92 Å². The molecule has 1 atom stereocenters. The van der Waals surface area contributed by atoms with Crippen LogP contribution in [0.15, 0.2) is 12.3 Å². The molecule has 1 aromatic heterocycles. The summed E-state index contributed by atoms with van der Waals surface area (Å²) < 4.78 is 0. The average molecular weight is 264 g/mol. The number of rotatable bonds is 5. The van der Waals surface area contributed by atoms with E-state index < -0.39 is 6.04 Å². The molecule has 0 spiro atoms. The standard InChI is InChI=1S/C13H20N4O2/c1-8(2)7-11(16-10(4)18)13(19)17-12-5-6-14-9(3)15-12/h5-6,8,11H,7H2,1-4H3,(H,16,18)(H,14,15,17,19)/t11-/m0/s1. The number of amides is 2. The summed E-state index contributed by atoms with van der Waals surface area (Å²) in [5.41, 5.74) is 0. The van der Waals surface area contributed by atoms with Crippen LogP contribution in [0, 0.1) is 12.8 Å². The smallest absolute Gasteiger partial charge is 0.248 e. The summed E-state index contributed by atoms with van der Waals surface area (Å²) in [6, 6.07) is 1.07. The first-order valence-electron chi connectivity index (χ1n) is 6.26. The van der Waals surface area contributed by atoms with Crippen LogP contribution in [0.1, 0.15) is 33.0 Å². The lowest BCUT2D eigenvalue weighted by molar-refractivity contribution is -0.125. The van der Waals surface area contributed by atoms with Crippen LogP contribution in [-0.4, -0.2) is 27.8 Å². The lowest BCUT2D eigenvalue weighted by Crippen LogP contribution is -2.43. The first kappa shape index (κ1) is 15.1. The minimum atomic E-state index is -0.548. The fourth-order valence-corrected chi connectivity index (χ4v) is 1.69. The Labute approximate surface area is 113 Å². The molecule has 0 aliphatic rings. The van der Waals surface area contributed by atoms with Crippen LogP contribution in [0.2, 0.25) is 0 Å². The van der Waals surface area contributed by atoms with Gasteiger partial charge in [0.25, 0.3) is 0 Å². The third kappa shape index (κ3) is 5.46. The Bertz CT molecular complexity index is 460. The number of nitrogens with zero attached hydrogens (tertiary/aromatic N) is 2. The molecule has 0 saturated carbocycles. The van der Waals surface area contributed by atoms with Gasteiger partial charge >= 0.3 is 0 Å². The van der Waals surface area contributed by atoms with Crippen LogP contribution in [0.3, 0.4) is 0 Å². The fourth-order valence-electron chi connectivity index (χ4n) is 1.69. The molecule has 1 heterocycles. The van der Waals surface area contributed by atoms with Crippen LogP contribution in [0.5, 0.6) is 0 Å². The average Bonchev–Trinajstić information content (AvgIpc) is 2.26. The molecule has 1 rings (SSSR count). The summed E-state index contributed by atoms with van der Waals surface area (Å²) in [7, 11) is 0. The van der Waals surface area contributed by atoms with E-state index in [1.54, 1.807) is 19.2 Å². The molecule has 0 saturated heterocycles. The van der Waals surface area contributed by atoms with Crippen LogP contribution in [0.4, 0.5) is 5.82 Å². The third-order valence-corrected chi connectivity index (χ3v) is 2.43. The van der Waals surface area contributed by atoms with Crippen molar-refractivity contribution in [1.29, 1.82) is 0 Å². The summed E-state index contributed by atoms with van der Waals surface area (Å²) in [6.07, 6.45) is 2.16. The molecule has 1 aromatic rings. The Morgan fingerprint density at radius 2 is 2.05 bits per heavy atom. The van der Waals surface area contributed by atoms with E-state index in [9.17, 15) is 9.59 Å². The van der Waals surface area contributed by atoms with Crippen molar-refractivity contribution in [3.8, 4) is 0 Å². The van der Waals surface area contributed by atoms with Crippen molar-refractivity contribution in [1.82, 2.24) is 15.3 Å². The van der Waals surface area contributed by atoms with Gasteiger partial charge in [-0.05, 0) is 25.3 Å². The van der Waals surface area contributed by atoms with Crippen LogP contribution in [-0.2, 0) is 9.59 Å². The van der Waals surface area contributed by atoms with Gasteiger partial charge in [-0.15, -0.1) is 0 Å². The maximum atomic E-state index is 12.1. The minimum Gasteiger partial charge on any atom is -0.345 e. The third-order valence-electron chi connectivity index (χ3n) is 2.43. The van der Waals surface area contributed by atoms with Gasteiger partial charge < -0.3 is 10.6 Å². The second kappa shape index (κ2) is 6.82. The quantitative estimate of drug-likeness (QED) is 0.839. The fraction of sp³-hybridized carbons (Fsp3) is 0.538. The number of carbonyl (C=O) groups is 2. The molecular formula is C13H20N4O2. The van der Waals surface area contributed by atoms with E-state index in [-0.39, 0.29) is 11.8 Å². The topological polar surface area (TPSA) is 84.0 Å². The summed E-state index contributed by atoms with van der Waals surface area (Å²) in [5.74, 6) is 0.839. The van der Waals surface area contributed by atoms with Crippen LogP contribution >= 0.6 is 0 Å². The number of nitrogens with one attached hydrogen (secondary N) is 2. The Balaban J connectivity index is 2.73. The highest BCUT2D eigenvalue weighted by atomic mass is 16.2. The number of hydrogen-bond donors (Lipinski definition) is 2. The Morgan fingerprint density at radius 1 is 1.37 bits per heavy atom. The predicted molar refractivity (Wildman–Crippen MR) is 72.5 cm³/mol. The number of anilines is 1. The zero-order valence-corrected chi connectivity index (χ0v) is 11.7. The van der Waals surface area contributed by atoms with Crippen molar-refractivity contribution in [3.63, 3.8) is 0 Å². The van der Waals surface area contributed by atoms with Gasteiger partial charge in [0.1, 0.15) is 17.7 Å². The van der Waals surface area contributed by atoms with Crippen LogP contribution < -0.4 is 10.6 Å². The number of aryl methyl sites for hydroxylation is 1. The largest absolute Gasteiger partial charge is 0.345 e. The monoisotopic (exact) mass is 264 g/mol. The Hall–Kier alpha value is -1.98. The molecule has 6 heteroatoms. The molecule has 2 amide bonds. The summed E-state index contributed by atoms with van der Waals surface area (Å²) >= 11 is 0. The van der Waals surface area contributed by atoms with Crippen molar-refractivity contribution in [2.45, 2.75) is 40.2 Å². The molecule has 6 nitrogen and oxygen atoms in total. The van der Waals surface area contributed by atoms with Gasteiger partial charge in [0.2, 0.25) is 11.8 Å². The first-order chi connectivity index (χ1) is 8.88. The lowest BCUT2D eigenvalue weighted by atomic mass is 10.0. The zero-order chi connectivity index (χ0) is 14.4. The van der Waals surface area contributed by atoms with Crippen molar-refractivity contribution in [2.24, 2.45) is 5.92 Å². The molecule has 19 heavy (non-hydrogen) atoms. The predicted octanol–water partition coefficient (Wildman–Crippen LogP) is 1.27. The van der Waals surface area contributed by atoms with Crippen molar-refractivity contribution in [3.05, 3.63) is 18.1 Å².